The summed E-state index contributed by atoms with van der Waals surface area (Å²) in [4.78, 5) is 14.4. The minimum absolute atomic E-state index is 0.165. The van der Waals surface area contributed by atoms with E-state index in [1.165, 1.54) is 31.4 Å². The zero-order valence-electron chi connectivity index (χ0n) is 16.0. The van der Waals surface area contributed by atoms with Crippen LogP contribution in [0.2, 0.25) is 0 Å². The fourth-order valence-corrected chi connectivity index (χ4v) is 3.62. The number of ether oxygens (including phenoxy) is 1. The van der Waals surface area contributed by atoms with Crippen molar-refractivity contribution in [1.82, 2.24) is 0 Å². The molecule has 9 heteroatoms. The first-order chi connectivity index (χ1) is 14.2. The van der Waals surface area contributed by atoms with E-state index >= 15 is 0 Å². The van der Waals surface area contributed by atoms with Crippen molar-refractivity contribution < 1.29 is 27.1 Å². The number of alkyl halides is 3. The van der Waals surface area contributed by atoms with Gasteiger partial charge in [0.1, 0.15) is 5.82 Å². The lowest BCUT2D eigenvalue weighted by atomic mass is 9.96. The molecule has 1 fully saturated rings. The fourth-order valence-electron chi connectivity index (χ4n) is 3.62. The van der Waals surface area contributed by atoms with E-state index in [0.717, 1.165) is 12.1 Å². The second kappa shape index (κ2) is 8.71. The molecule has 1 aliphatic rings. The van der Waals surface area contributed by atoms with Crippen molar-refractivity contribution in [2.24, 2.45) is 11.8 Å². The van der Waals surface area contributed by atoms with E-state index in [2.05, 4.69) is 5.32 Å². The van der Waals surface area contributed by atoms with Gasteiger partial charge in [-0.25, -0.2) is 4.39 Å². The number of hydrogen-bond donors (Lipinski definition) is 1. The summed E-state index contributed by atoms with van der Waals surface area (Å²) in [5.41, 5.74) is -0.909. The summed E-state index contributed by atoms with van der Waals surface area (Å²) in [6.45, 7) is 0.705. The molecular weight excluding hydrogens is 402 g/mol. The van der Waals surface area contributed by atoms with Crippen LogP contribution < -0.4 is 10.2 Å². The van der Waals surface area contributed by atoms with Crippen LogP contribution in [0, 0.1) is 29.0 Å². The summed E-state index contributed by atoms with van der Waals surface area (Å²) in [5, 5.41) is 11.6. The molecule has 0 bridgehead atoms. The molecule has 5 nitrogen and oxygen atoms in total. The first-order valence-electron chi connectivity index (χ1n) is 9.14. The highest BCUT2D eigenvalue weighted by Crippen LogP contribution is 2.36. The molecule has 1 N–H and O–H groups in total. The van der Waals surface area contributed by atoms with Crippen LogP contribution in [0.1, 0.15) is 11.1 Å². The van der Waals surface area contributed by atoms with Gasteiger partial charge in [-0.2, -0.15) is 18.4 Å². The lowest BCUT2D eigenvalue weighted by molar-refractivity contribution is -0.137. The molecule has 2 atom stereocenters. The van der Waals surface area contributed by atoms with Crippen molar-refractivity contribution in [1.29, 1.82) is 5.26 Å². The second-order valence-electron chi connectivity index (χ2n) is 7.07. The highest BCUT2D eigenvalue weighted by molar-refractivity contribution is 5.93. The third-order valence-electron chi connectivity index (χ3n) is 5.04. The molecule has 1 heterocycles. The van der Waals surface area contributed by atoms with Gasteiger partial charge in [-0.3, -0.25) is 4.79 Å². The Morgan fingerprint density at radius 1 is 1.27 bits per heavy atom. The molecular formula is C21H19F4N3O2. The van der Waals surface area contributed by atoms with Gasteiger partial charge in [0, 0.05) is 37.5 Å². The third-order valence-corrected chi connectivity index (χ3v) is 5.04. The molecule has 0 unspecified atom stereocenters. The van der Waals surface area contributed by atoms with Gasteiger partial charge in [0.05, 0.1) is 29.7 Å². The molecule has 1 amide bonds. The number of hydrogen-bond acceptors (Lipinski definition) is 4. The van der Waals surface area contributed by atoms with Gasteiger partial charge in [0.2, 0.25) is 5.91 Å². The maximum absolute atomic E-state index is 13.4. The Morgan fingerprint density at radius 3 is 2.67 bits per heavy atom. The molecule has 158 valence electrons. The maximum atomic E-state index is 13.4. The fraction of sp³-hybridized carbons (Fsp3) is 0.333. The van der Waals surface area contributed by atoms with Gasteiger partial charge in [-0.1, -0.05) is 6.07 Å². The van der Waals surface area contributed by atoms with Gasteiger partial charge in [-0.05, 0) is 36.4 Å². The van der Waals surface area contributed by atoms with Crippen molar-refractivity contribution in [3.05, 3.63) is 59.4 Å². The molecule has 0 spiro atoms. The molecule has 1 aliphatic heterocycles. The first-order valence-corrected chi connectivity index (χ1v) is 9.14. The van der Waals surface area contributed by atoms with Crippen LogP contribution in [0.4, 0.5) is 28.9 Å². The van der Waals surface area contributed by atoms with E-state index in [1.54, 1.807) is 17.0 Å². The lowest BCUT2D eigenvalue weighted by Crippen LogP contribution is -2.31. The van der Waals surface area contributed by atoms with Crippen LogP contribution in [0.5, 0.6) is 0 Å². The number of rotatable bonds is 5. The predicted molar refractivity (Wildman–Crippen MR) is 102 cm³/mol. The minimum atomic E-state index is -4.67. The quantitative estimate of drug-likeness (QED) is 0.740. The molecule has 30 heavy (non-hydrogen) atoms. The Labute approximate surface area is 170 Å². The summed E-state index contributed by atoms with van der Waals surface area (Å²) in [5.74, 6) is -1.70. The summed E-state index contributed by atoms with van der Waals surface area (Å²) in [6.07, 6.45) is -4.67. The smallest absolute Gasteiger partial charge is 0.384 e. The van der Waals surface area contributed by atoms with Crippen LogP contribution in [0.3, 0.4) is 0 Å². The summed E-state index contributed by atoms with van der Waals surface area (Å²) < 4.78 is 58.4. The van der Waals surface area contributed by atoms with Crippen LogP contribution in [0.25, 0.3) is 0 Å². The number of carbonyl (C=O) groups is 1. The van der Waals surface area contributed by atoms with Gasteiger partial charge in [0.25, 0.3) is 0 Å². The Hall–Kier alpha value is -3.12. The van der Waals surface area contributed by atoms with Gasteiger partial charge in [0.15, 0.2) is 0 Å². The molecule has 3 rings (SSSR count). The van der Waals surface area contributed by atoms with Crippen molar-refractivity contribution >= 4 is 17.3 Å². The highest BCUT2D eigenvalue weighted by Gasteiger charge is 2.39. The van der Waals surface area contributed by atoms with Crippen molar-refractivity contribution in [3.63, 3.8) is 0 Å². The van der Waals surface area contributed by atoms with E-state index in [9.17, 15) is 22.4 Å². The van der Waals surface area contributed by atoms with E-state index in [1.807, 2.05) is 0 Å². The first kappa shape index (κ1) is 21.6. The summed E-state index contributed by atoms with van der Waals surface area (Å²) in [7, 11) is 1.48. The zero-order chi connectivity index (χ0) is 21.9. The van der Waals surface area contributed by atoms with E-state index in [4.69, 9.17) is 10.00 Å². The molecule has 2 aromatic rings. The van der Waals surface area contributed by atoms with Crippen LogP contribution >= 0.6 is 0 Å². The summed E-state index contributed by atoms with van der Waals surface area (Å²) >= 11 is 0. The number of anilines is 2. The zero-order valence-corrected chi connectivity index (χ0v) is 16.0. The van der Waals surface area contributed by atoms with E-state index < -0.39 is 29.0 Å². The molecule has 0 aromatic heterocycles. The Balaban J connectivity index is 1.83. The third kappa shape index (κ3) is 4.71. The largest absolute Gasteiger partial charge is 0.417 e. The van der Waals surface area contributed by atoms with Crippen molar-refractivity contribution in [3.8, 4) is 6.07 Å². The Kier molecular flexibility index (Phi) is 6.27. The number of nitrogens with one attached hydrogen (secondary N) is 1. The minimum Gasteiger partial charge on any atom is -0.384 e. The number of carbonyl (C=O) groups excluding carboxylic acids is 1. The van der Waals surface area contributed by atoms with Crippen LogP contribution in [-0.4, -0.2) is 32.7 Å². The number of halogens is 4. The van der Waals surface area contributed by atoms with Crippen LogP contribution in [0.15, 0.2) is 42.5 Å². The average molecular weight is 421 g/mol. The normalized spacial score (nSPS) is 18.9. The lowest BCUT2D eigenvalue weighted by Gasteiger charge is -2.20. The predicted octanol–water partition coefficient (Wildman–Crippen LogP) is 4.05. The average Bonchev–Trinajstić information content (AvgIpc) is 3.11. The van der Waals surface area contributed by atoms with E-state index in [-0.39, 0.29) is 30.7 Å². The standard InChI is InChI=1S/C21H19F4N3O2/c1-30-12-14-10-28(17-6-5-13(9-26)19(8-17)21(23,24)25)11-18(14)20(29)27-16-4-2-3-15(22)7-16/h2-8,14,18H,10-12H2,1H3,(H,27,29)/t14-,18+/m1/s1. The molecule has 2 aromatic carbocycles. The van der Waals surface area contributed by atoms with Gasteiger partial charge in [-0.15, -0.1) is 0 Å². The van der Waals surface area contributed by atoms with Gasteiger partial charge < -0.3 is 15.0 Å². The SMILES string of the molecule is COC[C@H]1CN(c2ccc(C#N)c(C(F)(F)F)c2)C[C@@H]1C(=O)Nc1cccc(F)c1. The highest BCUT2D eigenvalue weighted by atomic mass is 19.4. The molecule has 0 saturated carbocycles. The second-order valence-corrected chi connectivity index (χ2v) is 7.07. The van der Waals surface area contributed by atoms with Crippen molar-refractivity contribution in [2.45, 2.75) is 6.18 Å². The van der Waals surface area contributed by atoms with Crippen molar-refractivity contribution in [2.75, 3.05) is 37.0 Å². The molecule has 1 saturated heterocycles. The van der Waals surface area contributed by atoms with Gasteiger partial charge >= 0.3 is 6.18 Å². The number of amides is 1. The number of methoxy groups -OCH3 is 1. The topological polar surface area (TPSA) is 65.4 Å². The number of benzene rings is 2. The Bertz CT molecular complexity index is 971. The number of nitriles is 1. The van der Waals surface area contributed by atoms with Crippen LogP contribution in [-0.2, 0) is 15.7 Å². The number of nitrogens with zero attached hydrogens (tertiary/aromatic N) is 2. The monoisotopic (exact) mass is 421 g/mol. The molecule has 0 radical (unpaired) electrons. The molecule has 0 aliphatic carbocycles. The Morgan fingerprint density at radius 2 is 2.03 bits per heavy atom. The maximum Gasteiger partial charge on any atom is 0.417 e. The van der Waals surface area contributed by atoms with E-state index in [0.29, 0.717) is 12.2 Å². The summed E-state index contributed by atoms with van der Waals surface area (Å²) in [6, 6.07) is 10.5.